The second kappa shape index (κ2) is 9.30. The summed E-state index contributed by atoms with van der Waals surface area (Å²) in [7, 11) is 0. The Bertz CT molecular complexity index is 924. The number of carbonyl (C=O) groups is 2. The van der Waals surface area contributed by atoms with Crippen LogP contribution in [0.15, 0.2) is 77.2 Å². The number of carbonyl (C=O) groups excluding carboxylic acids is 2. The van der Waals surface area contributed by atoms with Gasteiger partial charge in [0, 0.05) is 0 Å². The number of ether oxygens (including phenoxy) is 2. The van der Waals surface area contributed by atoms with Crippen molar-refractivity contribution in [2.45, 2.75) is 0 Å². The average Bonchev–Trinajstić information content (AvgIpc) is 3.23. The summed E-state index contributed by atoms with van der Waals surface area (Å²) in [4.78, 5) is 24.2. The molecule has 0 saturated heterocycles. The van der Waals surface area contributed by atoms with E-state index in [-0.39, 0.29) is 12.5 Å². The number of thiophene rings is 1. The third-order valence-corrected chi connectivity index (χ3v) is 4.16. The summed E-state index contributed by atoms with van der Waals surface area (Å²) < 4.78 is 10.6. The lowest BCUT2D eigenvalue weighted by molar-refractivity contribution is -0.123. The Morgan fingerprint density at radius 3 is 2.59 bits per heavy atom. The van der Waals surface area contributed by atoms with Crippen molar-refractivity contribution in [3.8, 4) is 11.5 Å². The highest BCUT2D eigenvalue weighted by molar-refractivity contribution is 7.12. The van der Waals surface area contributed by atoms with Crippen molar-refractivity contribution in [1.82, 2.24) is 5.43 Å². The van der Waals surface area contributed by atoms with Crippen molar-refractivity contribution < 1.29 is 19.1 Å². The summed E-state index contributed by atoms with van der Waals surface area (Å²) in [6.07, 6.45) is 1.46. The van der Waals surface area contributed by atoms with Crippen LogP contribution in [-0.4, -0.2) is 24.7 Å². The van der Waals surface area contributed by atoms with Gasteiger partial charge in [0.15, 0.2) is 6.61 Å². The maximum atomic E-state index is 12.0. The van der Waals surface area contributed by atoms with Crippen molar-refractivity contribution in [3.63, 3.8) is 0 Å². The van der Waals surface area contributed by atoms with Gasteiger partial charge in [0.05, 0.1) is 6.21 Å². The molecule has 0 fully saturated rings. The topological polar surface area (TPSA) is 77.0 Å². The first-order valence-electron chi connectivity index (χ1n) is 8.06. The molecule has 2 aromatic carbocycles. The fourth-order valence-corrected chi connectivity index (χ4v) is 2.69. The number of benzene rings is 2. The van der Waals surface area contributed by atoms with E-state index in [0.29, 0.717) is 21.9 Å². The minimum atomic E-state index is -0.412. The van der Waals surface area contributed by atoms with E-state index in [1.54, 1.807) is 48.5 Å². The molecule has 0 aliphatic rings. The van der Waals surface area contributed by atoms with Crippen LogP contribution >= 0.6 is 11.3 Å². The average molecular weight is 380 g/mol. The molecule has 1 amide bonds. The predicted octanol–water partition coefficient (Wildman–Crippen LogP) is 3.50. The van der Waals surface area contributed by atoms with E-state index in [2.05, 4.69) is 10.5 Å². The van der Waals surface area contributed by atoms with Crippen molar-refractivity contribution in [2.75, 3.05) is 6.61 Å². The molecular formula is C20H16N2O4S. The molecule has 1 heterocycles. The molecule has 27 heavy (non-hydrogen) atoms. The van der Waals surface area contributed by atoms with Crippen LogP contribution in [0.5, 0.6) is 11.5 Å². The first-order chi connectivity index (χ1) is 13.2. The number of para-hydroxylation sites is 1. The Kier molecular flexibility index (Phi) is 6.32. The number of nitrogens with zero attached hydrogens (tertiary/aromatic N) is 1. The third kappa shape index (κ3) is 5.79. The van der Waals surface area contributed by atoms with Gasteiger partial charge in [0.25, 0.3) is 5.91 Å². The van der Waals surface area contributed by atoms with Crippen LogP contribution in [0, 0.1) is 0 Å². The Labute approximate surface area is 160 Å². The first kappa shape index (κ1) is 18.3. The number of hydrogen-bond donors (Lipinski definition) is 1. The minimum Gasteiger partial charge on any atom is -0.484 e. The quantitative estimate of drug-likeness (QED) is 0.295. The van der Waals surface area contributed by atoms with Gasteiger partial charge in [-0.05, 0) is 41.3 Å². The Balaban J connectivity index is 1.50. The van der Waals surface area contributed by atoms with E-state index in [4.69, 9.17) is 9.47 Å². The van der Waals surface area contributed by atoms with Gasteiger partial charge in [-0.2, -0.15) is 5.10 Å². The van der Waals surface area contributed by atoms with Crippen molar-refractivity contribution >= 4 is 29.4 Å². The van der Waals surface area contributed by atoms with Gasteiger partial charge in [-0.15, -0.1) is 11.3 Å². The lowest BCUT2D eigenvalue weighted by Crippen LogP contribution is -2.24. The molecule has 0 radical (unpaired) electrons. The molecule has 0 bridgehead atoms. The fourth-order valence-electron chi connectivity index (χ4n) is 2.09. The highest BCUT2D eigenvalue weighted by atomic mass is 32.1. The van der Waals surface area contributed by atoms with E-state index in [1.807, 2.05) is 23.6 Å². The van der Waals surface area contributed by atoms with E-state index in [1.165, 1.54) is 17.6 Å². The molecular weight excluding hydrogens is 364 g/mol. The SMILES string of the molecule is O=C(COc1ccccc1)NN=Cc1cccc(OC(=O)c2cccs2)c1. The molecule has 0 saturated carbocycles. The molecule has 3 rings (SSSR count). The molecule has 3 aromatic rings. The summed E-state index contributed by atoms with van der Waals surface area (Å²) in [5.74, 6) is 0.216. The van der Waals surface area contributed by atoms with E-state index in [9.17, 15) is 9.59 Å². The molecule has 136 valence electrons. The Morgan fingerprint density at radius 1 is 1.00 bits per heavy atom. The second-order valence-electron chi connectivity index (χ2n) is 5.33. The third-order valence-electron chi connectivity index (χ3n) is 3.31. The molecule has 0 unspecified atom stereocenters. The highest BCUT2D eigenvalue weighted by Gasteiger charge is 2.09. The van der Waals surface area contributed by atoms with Crippen LogP contribution in [0.4, 0.5) is 0 Å². The smallest absolute Gasteiger partial charge is 0.353 e. The zero-order valence-electron chi connectivity index (χ0n) is 14.2. The van der Waals surface area contributed by atoms with Crippen LogP contribution in [0.1, 0.15) is 15.2 Å². The molecule has 0 aliphatic carbocycles. The van der Waals surface area contributed by atoms with Crippen molar-refractivity contribution in [3.05, 3.63) is 82.6 Å². The summed E-state index contributed by atoms with van der Waals surface area (Å²) in [5.41, 5.74) is 3.06. The molecule has 1 N–H and O–H groups in total. The molecule has 0 atom stereocenters. The van der Waals surface area contributed by atoms with Gasteiger partial charge in [-0.1, -0.05) is 36.4 Å². The van der Waals surface area contributed by atoms with Gasteiger partial charge in [-0.3, -0.25) is 4.79 Å². The number of amides is 1. The van der Waals surface area contributed by atoms with Gasteiger partial charge in [0.1, 0.15) is 16.4 Å². The van der Waals surface area contributed by atoms with Gasteiger partial charge >= 0.3 is 5.97 Å². The molecule has 6 nitrogen and oxygen atoms in total. The number of hydrogen-bond acceptors (Lipinski definition) is 6. The summed E-state index contributed by atoms with van der Waals surface area (Å²) in [6.45, 7) is -0.139. The van der Waals surface area contributed by atoms with Gasteiger partial charge < -0.3 is 9.47 Å². The predicted molar refractivity (Wildman–Crippen MR) is 103 cm³/mol. The van der Waals surface area contributed by atoms with E-state index < -0.39 is 5.97 Å². The molecule has 1 aromatic heterocycles. The van der Waals surface area contributed by atoms with Gasteiger partial charge in [-0.25, -0.2) is 10.2 Å². The number of rotatable bonds is 7. The lowest BCUT2D eigenvalue weighted by Gasteiger charge is -2.04. The lowest BCUT2D eigenvalue weighted by atomic mass is 10.2. The Hall–Kier alpha value is -3.45. The maximum absolute atomic E-state index is 12.0. The van der Waals surface area contributed by atoms with Crippen molar-refractivity contribution in [2.24, 2.45) is 5.10 Å². The first-order valence-corrected chi connectivity index (χ1v) is 8.94. The number of nitrogens with one attached hydrogen (secondary N) is 1. The van der Waals surface area contributed by atoms with Crippen LogP contribution in [0.3, 0.4) is 0 Å². The number of esters is 1. The zero-order chi connectivity index (χ0) is 18.9. The second-order valence-corrected chi connectivity index (χ2v) is 6.28. The molecule has 7 heteroatoms. The van der Waals surface area contributed by atoms with Gasteiger partial charge in [0.2, 0.25) is 0 Å². The summed E-state index contributed by atoms with van der Waals surface area (Å²) >= 11 is 1.31. The highest BCUT2D eigenvalue weighted by Crippen LogP contribution is 2.16. The normalized spacial score (nSPS) is 10.5. The van der Waals surface area contributed by atoms with Crippen LogP contribution < -0.4 is 14.9 Å². The van der Waals surface area contributed by atoms with Crippen LogP contribution in [0.25, 0.3) is 0 Å². The number of hydrazone groups is 1. The van der Waals surface area contributed by atoms with E-state index in [0.717, 1.165) is 0 Å². The fraction of sp³-hybridized carbons (Fsp3) is 0.0500. The summed E-state index contributed by atoms with van der Waals surface area (Å²) in [6, 6.07) is 19.4. The van der Waals surface area contributed by atoms with Crippen LogP contribution in [0.2, 0.25) is 0 Å². The molecule has 0 aliphatic heterocycles. The zero-order valence-corrected chi connectivity index (χ0v) is 15.0. The monoisotopic (exact) mass is 380 g/mol. The maximum Gasteiger partial charge on any atom is 0.353 e. The molecule has 0 spiro atoms. The Morgan fingerprint density at radius 2 is 1.81 bits per heavy atom. The van der Waals surface area contributed by atoms with Crippen molar-refractivity contribution in [1.29, 1.82) is 0 Å². The minimum absolute atomic E-state index is 0.139. The standard InChI is InChI=1S/C20H16N2O4S/c23-19(14-25-16-7-2-1-3-8-16)22-21-13-15-6-4-9-17(12-15)26-20(24)18-10-5-11-27-18/h1-13H,14H2,(H,22,23). The summed E-state index contributed by atoms with van der Waals surface area (Å²) in [5, 5.41) is 5.69. The largest absolute Gasteiger partial charge is 0.484 e. The van der Waals surface area contributed by atoms with Crippen LogP contribution in [-0.2, 0) is 4.79 Å². The van der Waals surface area contributed by atoms with E-state index >= 15 is 0 Å².